The summed E-state index contributed by atoms with van der Waals surface area (Å²) in [4.78, 5) is 0. The van der Waals surface area contributed by atoms with E-state index in [4.69, 9.17) is 0 Å². The predicted molar refractivity (Wildman–Crippen MR) is 55.4 cm³/mol. The number of hydrogen-bond donors (Lipinski definition) is 0. The maximum Gasteiger partial charge on any atom is 0.0190 e. The maximum absolute atomic E-state index is 2.43. The predicted octanol–water partition coefficient (Wildman–Crippen LogP) is 3.62. The minimum atomic E-state index is 0.429. The monoisotopic (exact) mass is 172 g/mol. The molecule has 13 heavy (non-hydrogen) atoms. The van der Waals surface area contributed by atoms with Crippen LogP contribution in [0.5, 0.6) is 0 Å². The van der Waals surface area contributed by atoms with Crippen molar-refractivity contribution < 1.29 is 0 Å². The molecule has 0 radical (unpaired) electrons. The normalized spacial score (nSPS) is 46.2. The highest BCUT2D eigenvalue weighted by Gasteiger charge is 2.51. The van der Waals surface area contributed by atoms with Gasteiger partial charge in [0.25, 0.3) is 0 Å². The summed E-state index contributed by atoms with van der Waals surface area (Å²) < 4.78 is 0. The Kier molecular flexibility index (Phi) is 1.39. The van der Waals surface area contributed by atoms with Gasteiger partial charge < -0.3 is 0 Å². The van der Waals surface area contributed by atoms with E-state index in [1.807, 2.05) is 0 Å². The molecule has 0 aliphatic heterocycles. The smallest absolute Gasteiger partial charge is 0.0190 e. The summed E-state index contributed by atoms with van der Waals surface area (Å²) in [6, 6.07) is 0. The van der Waals surface area contributed by atoms with E-state index in [1.54, 1.807) is 0 Å². The zero-order chi connectivity index (χ0) is 8.78. The fourth-order valence-electron chi connectivity index (χ4n) is 3.20. The van der Waals surface area contributed by atoms with E-state index < -0.39 is 0 Å². The van der Waals surface area contributed by atoms with E-state index >= 15 is 0 Å². The molecule has 0 aromatic heterocycles. The Hall–Kier alpha value is -0.780. The van der Waals surface area contributed by atoms with Crippen LogP contribution in [-0.4, -0.2) is 0 Å². The quantitative estimate of drug-likeness (QED) is 0.489. The van der Waals surface area contributed by atoms with E-state index in [9.17, 15) is 0 Å². The van der Waals surface area contributed by atoms with Gasteiger partial charge in [0.2, 0.25) is 0 Å². The van der Waals surface area contributed by atoms with E-state index in [-0.39, 0.29) is 0 Å². The zero-order valence-corrected chi connectivity index (χ0v) is 8.00. The fourth-order valence-corrected chi connectivity index (χ4v) is 3.20. The van der Waals surface area contributed by atoms with Crippen LogP contribution in [0.1, 0.15) is 32.1 Å². The largest absolute Gasteiger partial charge is 0.0765 e. The Bertz CT molecular complexity index is 278. The average molecular weight is 172 g/mol. The first kappa shape index (κ1) is 7.61. The molecular formula is C13H16. The zero-order valence-electron chi connectivity index (χ0n) is 8.00. The van der Waals surface area contributed by atoms with Crippen LogP contribution < -0.4 is 0 Å². The second-order valence-corrected chi connectivity index (χ2v) is 4.69. The van der Waals surface area contributed by atoms with Gasteiger partial charge in [-0.15, -0.1) is 0 Å². The fraction of sp³-hybridized carbons (Fsp3) is 0.538. The maximum atomic E-state index is 2.43. The highest BCUT2D eigenvalue weighted by Crippen LogP contribution is 2.60. The Morgan fingerprint density at radius 3 is 1.62 bits per heavy atom. The van der Waals surface area contributed by atoms with Gasteiger partial charge in [-0.25, -0.2) is 0 Å². The Labute approximate surface area is 80.0 Å². The van der Waals surface area contributed by atoms with Gasteiger partial charge >= 0.3 is 0 Å². The van der Waals surface area contributed by atoms with E-state index in [1.165, 1.54) is 32.1 Å². The first-order valence-electron chi connectivity index (χ1n) is 5.45. The topological polar surface area (TPSA) is 0 Å². The van der Waals surface area contributed by atoms with Crippen molar-refractivity contribution in [2.24, 2.45) is 10.8 Å². The summed E-state index contributed by atoms with van der Waals surface area (Å²) >= 11 is 0. The van der Waals surface area contributed by atoms with E-state index in [0.29, 0.717) is 10.8 Å². The van der Waals surface area contributed by atoms with Crippen molar-refractivity contribution >= 4 is 0 Å². The standard InChI is InChI=1S/C13H16/c1-2-6-12-8-4-5-9-13(12,7-3-1)11-10-12/h4-5,8-11H,1-3,6-7H2. The van der Waals surface area contributed by atoms with Crippen molar-refractivity contribution in [3.05, 3.63) is 36.5 Å². The molecule has 0 amide bonds. The van der Waals surface area contributed by atoms with Crippen molar-refractivity contribution in [2.45, 2.75) is 32.1 Å². The molecular weight excluding hydrogens is 156 g/mol. The molecule has 2 unspecified atom stereocenters. The summed E-state index contributed by atoms with van der Waals surface area (Å²) in [6.07, 6.45) is 21.1. The van der Waals surface area contributed by atoms with Crippen molar-refractivity contribution in [3.63, 3.8) is 0 Å². The minimum absolute atomic E-state index is 0.429. The minimum Gasteiger partial charge on any atom is -0.0765 e. The molecule has 0 saturated heterocycles. The molecule has 2 atom stereocenters. The summed E-state index contributed by atoms with van der Waals surface area (Å²) in [7, 11) is 0. The molecule has 0 aromatic rings. The number of hydrogen-bond acceptors (Lipinski definition) is 0. The summed E-state index contributed by atoms with van der Waals surface area (Å²) in [6.45, 7) is 0. The van der Waals surface area contributed by atoms with Crippen LogP contribution in [0.2, 0.25) is 0 Å². The average Bonchev–Trinajstić information content (AvgIpc) is 2.26. The SMILES string of the molecule is C1=CC23C=CC2(C=C1)CCCCC3. The van der Waals surface area contributed by atoms with E-state index in [0.717, 1.165) is 0 Å². The van der Waals surface area contributed by atoms with Crippen molar-refractivity contribution in [2.75, 3.05) is 0 Å². The third-order valence-corrected chi connectivity index (χ3v) is 4.12. The third-order valence-electron chi connectivity index (χ3n) is 4.12. The lowest BCUT2D eigenvalue weighted by Gasteiger charge is -2.52. The van der Waals surface area contributed by atoms with Crippen LogP contribution in [0.3, 0.4) is 0 Å². The molecule has 1 saturated carbocycles. The molecule has 0 N–H and O–H groups in total. The molecule has 3 aliphatic rings. The van der Waals surface area contributed by atoms with E-state index in [2.05, 4.69) is 36.5 Å². The third kappa shape index (κ3) is 0.815. The van der Waals surface area contributed by atoms with Crippen LogP contribution in [0.4, 0.5) is 0 Å². The van der Waals surface area contributed by atoms with Gasteiger partial charge in [0, 0.05) is 10.8 Å². The van der Waals surface area contributed by atoms with Gasteiger partial charge in [-0.05, 0) is 12.8 Å². The lowest BCUT2D eigenvalue weighted by Crippen LogP contribution is -2.43. The molecule has 1 fully saturated rings. The van der Waals surface area contributed by atoms with Crippen LogP contribution in [0.15, 0.2) is 36.5 Å². The second-order valence-electron chi connectivity index (χ2n) is 4.69. The van der Waals surface area contributed by atoms with Gasteiger partial charge in [-0.2, -0.15) is 0 Å². The summed E-state index contributed by atoms with van der Waals surface area (Å²) in [5.41, 5.74) is 0.858. The Morgan fingerprint density at radius 2 is 1.15 bits per heavy atom. The van der Waals surface area contributed by atoms with Crippen LogP contribution >= 0.6 is 0 Å². The molecule has 0 bridgehead atoms. The Morgan fingerprint density at radius 1 is 0.615 bits per heavy atom. The first-order chi connectivity index (χ1) is 6.37. The van der Waals surface area contributed by atoms with Gasteiger partial charge in [0.05, 0.1) is 0 Å². The van der Waals surface area contributed by atoms with Crippen molar-refractivity contribution in [3.8, 4) is 0 Å². The molecule has 3 rings (SSSR count). The lowest BCUT2D eigenvalue weighted by molar-refractivity contribution is 0.196. The molecule has 0 aromatic carbocycles. The van der Waals surface area contributed by atoms with Gasteiger partial charge in [0.1, 0.15) is 0 Å². The van der Waals surface area contributed by atoms with Gasteiger partial charge in [0.15, 0.2) is 0 Å². The molecule has 0 spiro atoms. The highest BCUT2D eigenvalue weighted by atomic mass is 14.5. The van der Waals surface area contributed by atoms with Crippen molar-refractivity contribution in [1.82, 2.24) is 0 Å². The summed E-state index contributed by atoms with van der Waals surface area (Å²) in [5, 5.41) is 0. The Balaban J connectivity index is 2.07. The van der Waals surface area contributed by atoms with Crippen LogP contribution in [0.25, 0.3) is 0 Å². The summed E-state index contributed by atoms with van der Waals surface area (Å²) in [5.74, 6) is 0. The molecule has 3 aliphatic carbocycles. The number of allylic oxidation sites excluding steroid dienone is 6. The highest BCUT2D eigenvalue weighted by molar-refractivity contribution is 5.42. The van der Waals surface area contributed by atoms with Crippen LogP contribution in [-0.2, 0) is 0 Å². The number of rotatable bonds is 0. The van der Waals surface area contributed by atoms with Crippen molar-refractivity contribution in [1.29, 1.82) is 0 Å². The first-order valence-corrected chi connectivity index (χ1v) is 5.45. The molecule has 0 heterocycles. The van der Waals surface area contributed by atoms with Gasteiger partial charge in [-0.3, -0.25) is 0 Å². The molecule has 0 heteroatoms. The molecule has 68 valence electrons. The van der Waals surface area contributed by atoms with Gasteiger partial charge in [-0.1, -0.05) is 55.7 Å². The molecule has 0 nitrogen and oxygen atoms in total. The van der Waals surface area contributed by atoms with Crippen LogP contribution in [0, 0.1) is 10.8 Å². The lowest BCUT2D eigenvalue weighted by atomic mass is 9.52. The second kappa shape index (κ2) is 2.37.